The molecule has 0 spiro atoms. The molecule has 0 N–H and O–H groups in total. The van der Waals surface area contributed by atoms with Crippen LogP contribution in [0.2, 0.25) is 0 Å². The van der Waals surface area contributed by atoms with Crippen LogP contribution in [0.4, 0.5) is 0 Å². The maximum absolute atomic E-state index is 5.45. The van der Waals surface area contributed by atoms with E-state index in [1.807, 2.05) is 0 Å². The van der Waals surface area contributed by atoms with Crippen molar-refractivity contribution < 1.29 is 4.74 Å². The van der Waals surface area contributed by atoms with Crippen LogP contribution in [0.3, 0.4) is 0 Å². The van der Waals surface area contributed by atoms with Crippen molar-refractivity contribution >= 4 is 0 Å². The summed E-state index contributed by atoms with van der Waals surface area (Å²) in [6, 6.07) is 10.9. The van der Waals surface area contributed by atoms with Gasteiger partial charge in [0.2, 0.25) is 0 Å². The first-order valence-corrected chi connectivity index (χ1v) is 8.96. The minimum atomic E-state index is 0.864. The van der Waals surface area contributed by atoms with E-state index in [1.54, 1.807) is 0 Å². The second kappa shape index (κ2) is 8.66. The van der Waals surface area contributed by atoms with Gasteiger partial charge >= 0.3 is 0 Å². The fraction of sp³-hybridized carbons (Fsp3) is 0.684. The second-order valence-electron chi connectivity index (χ2n) is 6.81. The molecule has 0 aliphatic carbocycles. The minimum Gasteiger partial charge on any atom is -0.379 e. The largest absolute Gasteiger partial charge is 0.379 e. The molecule has 1 aromatic carbocycles. The molecular weight excluding hydrogens is 272 g/mol. The molecule has 2 aliphatic heterocycles. The Balaban J connectivity index is 1.37. The van der Waals surface area contributed by atoms with Crippen LogP contribution in [0.15, 0.2) is 30.3 Å². The average molecular weight is 302 g/mol. The van der Waals surface area contributed by atoms with Crippen molar-refractivity contribution in [3.05, 3.63) is 35.9 Å². The second-order valence-corrected chi connectivity index (χ2v) is 6.81. The quantitative estimate of drug-likeness (QED) is 0.803. The number of nitrogens with zero attached hydrogens (tertiary/aromatic N) is 2. The van der Waals surface area contributed by atoms with E-state index in [-0.39, 0.29) is 0 Å². The molecule has 2 heterocycles. The Bertz CT molecular complexity index is 417. The highest BCUT2D eigenvalue weighted by atomic mass is 16.5. The van der Waals surface area contributed by atoms with Gasteiger partial charge in [-0.25, -0.2) is 0 Å². The highest BCUT2D eigenvalue weighted by molar-refractivity contribution is 5.14. The summed E-state index contributed by atoms with van der Waals surface area (Å²) in [7, 11) is 0. The Kier molecular flexibility index (Phi) is 6.29. The lowest BCUT2D eigenvalue weighted by atomic mass is 9.97. The van der Waals surface area contributed by atoms with Gasteiger partial charge in [0.15, 0.2) is 0 Å². The molecule has 2 fully saturated rings. The van der Waals surface area contributed by atoms with Gasteiger partial charge < -0.3 is 9.64 Å². The Labute approximate surface area is 135 Å². The number of likely N-dealkylation sites (tertiary alicyclic amines) is 1. The highest BCUT2D eigenvalue weighted by Crippen LogP contribution is 2.18. The molecule has 22 heavy (non-hydrogen) atoms. The molecule has 0 bridgehead atoms. The fourth-order valence-electron chi connectivity index (χ4n) is 3.80. The third-order valence-electron chi connectivity index (χ3n) is 5.01. The van der Waals surface area contributed by atoms with Gasteiger partial charge in [0.25, 0.3) is 0 Å². The molecule has 0 saturated carbocycles. The van der Waals surface area contributed by atoms with Crippen molar-refractivity contribution in [3.8, 4) is 0 Å². The van der Waals surface area contributed by atoms with Crippen LogP contribution in [0.25, 0.3) is 0 Å². The summed E-state index contributed by atoms with van der Waals surface area (Å²) in [6.45, 7) is 9.24. The van der Waals surface area contributed by atoms with E-state index in [1.165, 1.54) is 57.4 Å². The number of aryl methyl sites for hydroxylation is 1. The summed E-state index contributed by atoms with van der Waals surface area (Å²) in [5.41, 5.74) is 1.48. The molecule has 0 aromatic heterocycles. The summed E-state index contributed by atoms with van der Waals surface area (Å²) in [5, 5.41) is 0. The standard InChI is InChI=1S/C19H30N2O/c1-2-6-18(7-3-1)8-4-10-20-11-5-9-19(16-20)17-21-12-14-22-15-13-21/h1-3,6-7,19H,4-5,8-17H2. The van der Waals surface area contributed by atoms with Gasteiger partial charge in [0.05, 0.1) is 13.2 Å². The number of hydrogen-bond acceptors (Lipinski definition) is 3. The van der Waals surface area contributed by atoms with Gasteiger partial charge in [0.1, 0.15) is 0 Å². The predicted molar refractivity (Wildman–Crippen MR) is 91.2 cm³/mol. The van der Waals surface area contributed by atoms with E-state index in [9.17, 15) is 0 Å². The minimum absolute atomic E-state index is 0.864. The monoisotopic (exact) mass is 302 g/mol. The predicted octanol–water partition coefficient (Wildman–Crippen LogP) is 2.66. The normalized spacial score (nSPS) is 24.5. The molecule has 3 heteroatoms. The van der Waals surface area contributed by atoms with E-state index >= 15 is 0 Å². The third kappa shape index (κ3) is 5.08. The van der Waals surface area contributed by atoms with E-state index in [4.69, 9.17) is 4.74 Å². The van der Waals surface area contributed by atoms with Crippen LogP contribution in [-0.2, 0) is 11.2 Å². The van der Waals surface area contributed by atoms with Gasteiger partial charge in [-0.3, -0.25) is 4.90 Å². The van der Waals surface area contributed by atoms with Crippen molar-refractivity contribution in [3.63, 3.8) is 0 Å². The number of hydrogen-bond donors (Lipinski definition) is 0. The molecule has 0 radical (unpaired) electrons. The van der Waals surface area contributed by atoms with Crippen LogP contribution in [0, 0.1) is 5.92 Å². The van der Waals surface area contributed by atoms with Crippen molar-refractivity contribution in [2.75, 3.05) is 52.5 Å². The lowest BCUT2D eigenvalue weighted by Gasteiger charge is -2.36. The molecule has 3 rings (SSSR count). The zero-order valence-electron chi connectivity index (χ0n) is 13.8. The number of morpholine rings is 1. The summed E-state index contributed by atoms with van der Waals surface area (Å²) in [6.07, 6.45) is 5.28. The van der Waals surface area contributed by atoms with Crippen molar-refractivity contribution in [1.82, 2.24) is 9.80 Å². The summed E-state index contributed by atoms with van der Waals surface area (Å²) in [5.74, 6) is 0.864. The Morgan fingerprint density at radius 1 is 1.00 bits per heavy atom. The third-order valence-corrected chi connectivity index (χ3v) is 5.01. The number of benzene rings is 1. The zero-order chi connectivity index (χ0) is 15.0. The lowest BCUT2D eigenvalue weighted by Crippen LogP contribution is -2.44. The van der Waals surface area contributed by atoms with Crippen LogP contribution in [-0.4, -0.2) is 62.3 Å². The van der Waals surface area contributed by atoms with E-state index in [0.29, 0.717) is 0 Å². The highest BCUT2D eigenvalue weighted by Gasteiger charge is 2.22. The molecule has 2 saturated heterocycles. The Hall–Kier alpha value is -0.900. The zero-order valence-corrected chi connectivity index (χ0v) is 13.8. The Morgan fingerprint density at radius 2 is 1.82 bits per heavy atom. The molecule has 2 aliphatic rings. The van der Waals surface area contributed by atoms with Crippen LogP contribution >= 0.6 is 0 Å². The van der Waals surface area contributed by atoms with Crippen LogP contribution in [0.5, 0.6) is 0 Å². The molecule has 3 nitrogen and oxygen atoms in total. The summed E-state index contributed by atoms with van der Waals surface area (Å²) in [4.78, 5) is 5.29. The lowest BCUT2D eigenvalue weighted by molar-refractivity contribution is 0.0229. The first-order valence-electron chi connectivity index (χ1n) is 8.96. The maximum atomic E-state index is 5.45. The van der Waals surface area contributed by atoms with Crippen LogP contribution in [0.1, 0.15) is 24.8 Å². The molecule has 1 aromatic rings. The first kappa shape index (κ1) is 16.0. The molecular formula is C19H30N2O. The van der Waals surface area contributed by atoms with Crippen molar-refractivity contribution in [1.29, 1.82) is 0 Å². The van der Waals surface area contributed by atoms with Crippen LogP contribution < -0.4 is 0 Å². The topological polar surface area (TPSA) is 15.7 Å². The van der Waals surface area contributed by atoms with E-state index in [0.717, 1.165) is 32.2 Å². The van der Waals surface area contributed by atoms with Crippen molar-refractivity contribution in [2.24, 2.45) is 5.92 Å². The average Bonchev–Trinajstić information content (AvgIpc) is 2.57. The van der Waals surface area contributed by atoms with Crippen molar-refractivity contribution in [2.45, 2.75) is 25.7 Å². The van der Waals surface area contributed by atoms with Gasteiger partial charge in [-0.2, -0.15) is 0 Å². The van der Waals surface area contributed by atoms with Gasteiger partial charge in [-0.05, 0) is 50.3 Å². The SMILES string of the molecule is c1ccc(CCCN2CCCC(CN3CCOCC3)C2)cc1. The fourth-order valence-corrected chi connectivity index (χ4v) is 3.80. The molecule has 1 atom stereocenters. The smallest absolute Gasteiger partial charge is 0.0594 e. The molecule has 1 unspecified atom stereocenters. The number of piperidine rings is 1. The molecule has 0 amide bonds. The summed E-state index contributed by atoms with van der Waals surface area (Å²) < 4.78 is 5.45. The van der Waals surface area contributed by atoms with E-state index in [2.05, 4.69) is 40.1 Å². The number of ether oxygens (including phenoxy) is 1. The number of rotatable bonds is 6. The maximum Gasteiger partial charge on any atom is 0.0594 e. The molecule has 122 valence electrons. The van der Waals surface area contributed by atoms with Gasteiger partial charge in [-0.15, -0.1) is 0 Å². The Morgan fingerprint density at radius 3 is 2.64 bits per heavy atom. The first-order chi connectivity index (χ1) is 10.9. The summed E-state index contributed by atoms with van der Waals surface area (Å²) >= 11 is 0. The van der Waals surface area contributed by atoms with Gasteiger partial charge in [-0.1, -0.05) is 30.3 Å². The van der Waals surface area contributed by atoms with Gasteiger partial charge in [0, 0.05) is 26.2 Å². The van der Waals surface area contributed by atoms with E-state index < -0.39 is 0 Å².